The first-order chi connectivity index (χ1) is 10.2. The average Bonchev–Trinajstić information content (AvgIpc) is 3.05. The SMILES string of the molecule is O[C@@H](CCc1ccccc1)CC[C@@H]1[C@H]2CSO[C@H]2C[C@H]1O. The van der Waals surface area contributed by atoms with E-state index in [9.17, 15) is 10.2 Å². The van der Waals surface area contributed by atoms with Crippen molar-refractivity contribution in [2.75, 3.05) is 5.75 Å². The van der Waals surface area contributed by atoms with Crippen LogP contribution in [0.5, 0.6) is 0 Å². The molecule has 1 saturated carbocycles. The van der Waals surface area contributed by atoms with Crippen molar-refractivity contribution >= 4 is 12.0 Å². The van der Waals surface area contributed by atoms with Crippen molar-refractivity contribution in [2.24, 2.45) is 11.8 Å². The van der Waals surface area contributed by atoms with Crippen molar-refractivity contribution < 1.29 is 14.4 Å². The van der Waals surface area contributed by atoms with Crippen LogP contribution in [0, 0.1) is 11.8 Å². The predicted octanol–water partition coefficient (Wildman–Crippen LogP) is 2.80. The Morgan fingerprint density at radius 3 is 2.86 bits per heavy atom. The zero-order valence-corrected chi connectivity index (χ0v) is 13.0. The molecule has 0 amide bonds. The van der Waals surface area contributed by atoms with Gasteiger partial charge in [0.2, 0.25) is 0 Å². The van der Waals surface area contributed by atoms with E-state index in [-0.39, 0.29) is 18.3 Å². The molecule has 116 valence electrons. The lowest BCUT2D eigenvalue weighted by Gasteiger charge is -2.21. The molecule has 0 aromatic heterocycles. The fraction of sp³-hybridized carbons (Fsp3) is 0.647. The summed E-state index contributed by atoms with van der Waals surface area (Å²) in [5.41, 5.74) is 1.28. The predicted molar refractivity (Wildman–Crippen MR) is 84.9 cm³/mol. The number of hydrogen-bond acceptors (Lipinski definition) is 4. The summed E-state index contributed by atoms with van der Waals surface area (Å²) in [5.74, 6) is 1.77. The Kier molecular flexibility index (Phi) is 5.22. The summed E-state index contributed by atoms with van der Waals surface area (Å²) in [4.78, 5) is 0. The van der Waals surface area contributed by atoms with E-state index in [1.165, 1.54) is 5.56 Å². The van der Waals surface area contributed by atoms with E-state index < -0.39 is 0 Å². The molecule has 0 spiro atoms. The van der Waals surface area contributed by atoms with Gasteiger partial charge in [0.25, 0.3) is 0 Å². The maximum atomic E-state index is 10.2. The summed E-state index contributed by atoms with van der Waals surface area (Å²) in [6.45, 7) is 0. The second kappa shape index (κ2) is 7.14. The largest absolute Gasteiger partial charge is 0.393 e. The zero-order chi connectivity index (χ0) is 14.7. The highest BCUT2D eigenvalue weighted by molar-refractivity contribution is 7.94. The first kappa shape index (κ1) is 15.3. The average molecular weight is 308 g/mol. The lowest BCUT2D eigenvalue weighted by molar-refractivity contribution is 0.0918. The third-order valence-electron chi connectivity index (χ3n) is 4.89. The molecule has 3 nitrogen and oxygen atoms in total. The highest BCUT2D eigenvalue weighted by atomic mass is 32.2. The molecule has 2 N–H and O–H groups in total. The van der Waals surface area contributed by atoms with Gasteiger partial charge in [0.15, 0.2) is 0 Å². The monoisotopic (exact) mass is 308 g/mol. The highest BCUT2D eigenvalue weighted by Gasteiger charge is 2.46. The molecule has 1 aromatic carbocycles. The van der Waals surface area contributed by atoms with E-state index in [0.29, 0.717) is 11.8 Å². The molecule has 0 unspecified atom stereocenters. The summed E-state index contributed by atoms with van der Waals surface area (Å²) in [7, 11) is 0. The Balaban J connectivity index is 1.42. The molecule has 2 aliphatic rings. The van der Waals surface area contributed by atoms with Crippen molar-refractivity contribution in [3.05, 3.63) is 35.9 Å². The normalized spacial score (nSPS) is 33.0. The van der Waals surface area contributed by atoms with Gasteiger partial charge in [-0.1, -0.05) is 30.3 Å². The second-order valence-corrected chi connectivity index (χ2v) is 7.07. The van der Waals surface area contributed by atoms with Crippen LogP contribution in [0.4, 0.5) is 0 Å². The van der Waals surface area contributed by atoms with Crippen molar-refractivity contribution in [3.63, 3.8) is 0 Å². The lowest BCUT2D eigenvalue weighted by atomic mass is 9.89. The first-order valence-electron chi connectivity index (χ1n) is 7.92. The van der Waals surface area contributed by atoms with Gasteiger partial charge in [-0.05, 0) is 49.2 Å². The Labute approximate surface area is 130 Å². The second-order valence-electron chi connectivity index (χ2n) is 6.31. The summed E-state index contributed by atoms with van der Waals surface area (Å²) < 4.78 is 5.58. The molecule has 1 heterocycles. The van der Waals surface area contributed by atoms with Crippen LogP contribution in [0.15, 0.2) is 30.3 Å². The molecule has 1 aliphatic carbocycles. The minimum atomic E-state index is -0.272. The van der Waals surface area contributed by atoms with Crippen molar-refractivity contribution in [1.29, 1.82) is 0 Å². The summed E-state index contributed by atoms with van der Waals surface area (Å²) in [6.07, 6.45) is 3.88. The molecule has 1 aliphatic heterocycles. The Hall–Kier alpha value is -0.550. The minimum absolute atomic E-state index is 0.233. The number of rotatable bonds is 6. The van der Waals surface area contributed by atoms with Crippen molar-refractivity contribution in [1.82, 2.24) is 0 Å². The van der Waals surface area contributed by atoms with Crippen LogP contribution >= 0.6 is 12.0 Å². The van der Waals surface area contributed by atoms with E-state index in [4.69, 9.17) is 4.18 Å². The summed E-state index contributed by atoms with van der Waals surface area (Å²) >= 11 is 1.54. The standard InChI is InChI=1S/C17H24O3S/c18-13(7-6-12-4-2-1-3-5-12)8-9-14-15-11-21-20-17(15)10-16(14)19/h1-5,13-19H,6-11H2/t13-,14+,15+,16+,17-/m0/s1. The van der Waals surface area contributed by atoms with Gasteiger partial charge in [-0.3, -0.25) is 0 Å². The molecule has 2 fully saturated rings. The van der Waals surface area contributed by atoms with Crippen LogP contribution in [0.2, 0.25) is 0 Å². The topological polar surface area (TPSA) is 49.7 Å². The maximum Gasteiger partial charge on any atom is 0.0787 e. The van der Waals surface area contributed by atoms with Gasteiger partial charge in [-0.2, -0.15) is 0 Å². The van der Waals surface area contributed by atoms with E-state index >= 15 is 0 Å². The number of fused-ring (bicyclic) bond motifs is 1. The fourth-order valence-electron chi connectivity index (χ4n) is 3.61. The van der Waals surface area contributed by atoms with Crippen LogP contribution < -0.4 is 0 Å². The molecule has 5 atom stereocenters. The van der Waals surface area contributed by atoms with Gasteiger partial charge in [0, 0.05) is 18.1 Å². The van der Waals surface area contributed by atoms with Gasteiger partial charge in [-0.15, -0.1) is 0 Å². The van der Waals surface area contributed by atoms with Gasteiger partial charge in [0.1, 0.15) is 0 Å². The first-order valence-corrected chi connectivity index (χ1v) is 8.83. The molecule has 3 rings (SSSR count). The number of aliphatic hydroxyl groups is 2. The van der Waals surface area contributed by atoms with Crippen LogP contribution in [0.3, 0.4) is 0 Å². The molecule has 0 radical (unpaired) electrons. The zero-order valence-electron chi connectivity index (χ0n) is 12.2. The van der Waals surface area contributed by atoms with Crippen LogP contribution in [-0.2, 0) is 10.6 Å². The Bertz CT molecular complexity index is 439. The van der Waals surface area contributed by atoms with Crippen LogP contribution in [-0.4, -0.2) is 34.3 Å². The smallest absolute Gasteiger partial charge is 0.0787 e. The van der Waals surface area contributed by atoms with Gasteiger partial charge in [0.05, 0.1) is 18.3 Å². The molecule has 21 heavy (non-hydrogen) atoms. The molecule has 1 saturated heterocycles. The highest BCUT2D eigenvalue weighted by Crippen LogP contribution is 2.45. The minimum Gasteiger partial charge on any atom is -0.393 e. The maximum absolute atomic E-state index is 10.2. The van der Waals surface area contributed by atoms with Crippen LogP contribution in [0.25, 0.3) is 0 Å². The van der Waals surface area contributed by atoms with Crippen molar-refractivity contribution in [2.45, 2.75) is 50.4 Å². The fourth-order valence-corrected chi connectivity index (χ4v) is 4.70. The van der Waals surface area contributed by atoms with E-state index in [2.05, 4.69) is 12.1 Å². The Morgan fingerprint density at radius 2 is 2.05 bits per heavy atom. The lowest BCUT2D eigenvalue weighted by Crippen LogP contribution is -2.23. The number of hydrogen-bond donors (Lipinski definition) is 2. The molecular weight excluding hydrogens is 284 g/mol. The molecule has 4 heteroatoms. The quantitative estimate of drug-likeness (QED) is 0.794. The van der Waals surface area contributed by atoms with Gasteiger partial charge >= 0.3 is 0 Å². The van der Waals surface area contributed by atoms with Crippen molar-refractivity contribution in [3.8, 4) is 0 Å². The number of aryl methyl sites for hydroxylation is 1. The molecule has 1 aromatic rings. The van der Waals surface area contributed by atoms with E-state index in [1.807, 2.05) is 18.2 Å². The van der Waals surface area contributed by atoms with E-state index in [1.54, 1.807) is 12.0 Å². The summed E-state index contributed by atoms with van der Waals surface area (Å²) in [5, 5.41) is 20.3. The third kappa shape index (κ3) is 3.81. The number of benzene rings is 1. The Morgan fingerprint density at radius 1 is 1.24 bits per heavy atom. The third-order valence-corrected chi connectivity index (χ3v) is 5.79. The molecule has 0 bridgehead atoms. The van der Waals surface area contributed by atoms with Crippen LogP contribution in [0.1, 0.15) is 31.2 Å². The van der Waals surface area contributed by atoms with Gasteiger partial charge in [-0.25, -0.2) is 0 Å². The van der Waals surface area contributed by atoms with E-state index in [0.717, 1.165) is 37.9 Å². The van der Waals surface area contributed by atoms with Gasteiger partial charge < -0.3 is 14.4 Å². The summed E-state index contributed by atoms with van der Waals surface area (Å²) in [6, 6.07) is 10.3. The molecular formula is C17H24O3S. The number of aliphatic hydroxyl groups excluding tert-OH is 2.